The third-order valence-corrected chi connectivity index (χ3v) is 4.17. The second-order valence-electron chi connectivity index (χ2n) is 5.95. The summed E-state index contributed by atoms with van der Waals surface area (Å²) in [5.74, 6) is -1.31. The fourth-order valence-electron chi connectivity index (χ4n) is 2.66. The van der Waals surface area contributed by atoms with E-state index in [1.165, 1.54) is 30.2 Å². The molecule has 2 heterocycles. The Kier molecular flexibility index (Phi) is 5.50. The molecule has 0 aliphatic heterocycles. The average molecular weight is 408 g/mol. The summed E-state index contributed by atoms with van der Waals surface area (Å²) in [5.41, 5.74) is 0.608. The zero-order valence-corrected chi connectivity index (χ0v) is 15.9. The van der Waals surface area contributed by atoms with Gasteiger partial charge in [0.2, 0.25) is 5.82 Å². The van der Waals surface area contributed by atoms with Crippen LogP contribution in [-0.2, 0) is 7.05 Å². The summed E-state index contributed by atoms with van der Waals surface area (Å²) in [7, 11) is 2.99. The van der Waals surface area contributed by atoms with E-state index in [1.807, 2.05) is 0 Å². The summed E-state index contributed by atoms with van der Waals surface area (Å²) in [6.45, 7) is 1.59. The van der Waals surface area contributed by atoms with E-state index in [-0.39, 0.29) is 33.2 Å². The molecule has 2 aromatic heterocycles. The molecule has 0 saturated carbocycles. The van der Waals surface area contributed by atoms with Crippen LogP contribution in [0, 0.1) is 11.6 Å². The maximum Gasteiger partial charge on any atom is 0.315 e. The van der Waals surface area contributed by atoms with Crippen molar-refractivity contribution >= 4 is 17.6 Å². The van der Waals surface area contributed by atoms with Gasteiger partial charge in [-0.05, 0) is 35.9 Å². The van der Waals surface area contributed by atoms with Crippen molar-refractivity contribution < 1.29 is 13.6 Å². The highest BCUT2D eigenvalue weighted by molar-refractivity contribution is 6.31. The van der Waals surface area contributed by atoms with Crippen LogP contribution < -0.4 is 10.6 Å². The van der Waals surface area contributed by atoms with Gasteiger partial charge in [-0.15, -0.1) is 10.2 Å². The van der Waals surface area contributed by atoms with Gasteiger partial charge in [0.25, 0.3) is 0 Å². The number of aryl methyl sites for hydroxylation is 1. The number of nitrogens with zero attached hydrogens (tertiary/aromatic N) is 5. The van der Waals surface area contributed by atoms with Crippen molar-refractivity contribution in [2.45, 2.75) is 13.0 Å². The Morgan fingerprint density at radius 2 is 2.00 bits per heavy atom. The largest absolute Gasteiger partial charge is 0.341 e. The van der Waals surface area contributed by atoms with E-state index in [0.29, 0.717) is 0 Å². The molecule has 146 valence electrons. The summed E-state index contributed by atoms with van der Waals surface area (Å²) in [6.07, 6.45) is 1.37. The minimum Gasteiger partial charge on any atom is -0.341 e. The summed E-state index contributed by atoms with van der Waals surface area (Å²) in [5, 5.41) is 16.6. The number of benzene rings is 1. The number of pyridine rings is 1. The van der Waals surface area contributed by atoms with Crippen LogP contribution in [-0.4, -0.2) is 38.3 Å². The average Bonchev–Trinajstić information content (AvgIpc) is 3.06. The first-order valence-electron chi connectivity index (χ1n) is 8.17. The van der Waals surface area contributed by atoms with E-state index in [9.17, 15) is 13.6 Å². The Morgan fingerprint density at radius 3 is 2.61 bits per heavy atom. The first-order valence-corrected chi connectivity index (χ1v) is 8.55. The Hall–Kier alpha value is -3.14. The Morgan fingerprint density at radius 1 is 1.25 bits per heavy atom. The molecule has 1 unspecified atom stereocenters. The lowest BCUT2D eigenvalue weighted by Crippen LogP contribution is -2.35. The van der Waals surface area contributed by atoms with Gasteiger partial charge in [0.05, 0.1) is 24.3 Å². The third-order valence-electron chi connectivity index (χ3n) is 3.95. The fourth-order valence-corrected chi connectivity index (χ4v) is 2.87. The third kappa shape index (κ3) is 3.91. The number of hydrogen-bond donors (Lipinski definition) is 2. The number of nitrogens with one attached hydrogen (secondary N) is 2. The first-order chi connectivity index (χ1) is 13.3. The van der Waals surface area contributed by atoms with E-state index in [2.05, 4.69) is 31.0 Å². The maximum atomic E-state index is 14.7. The molecule has 3 rings (SSSR count). The molecule has 0 bridgehead atoms. The molecule has 0 aliphatic carbocycles. The highest BCUT2D eigenvalue weighted by atomic mass is 35.5. The predicted molar refractivity (Wildman–Crippen MR) is 98.4 cm³/mol. The molecule has 11 heteroatoms. The molecule has 0 spiro atoms. The number of carbonyl (C=O) groups is 1. The number of aromatic nitrogens is 5. The molecule has 2 N–H and O–H groups in total. The van der Waals surface area contributed by atoms with Crippen molar-refractivity contribution in [1.82, 2.24) is 35.8 Å². The number of hydrogen-bond acceptors (Lipinski definition) is 5. The second kappa shape index (κ2) is 7.85. The van der Waals surface area contributed by atoms with E-state index >= 15 is 0 Å². The molecule has 0 radical (unpaired) electrons. The highest BCUT2D eigenvalue weighted by Crippen LogP contribution is 2.35. The van der Waals surface area contributed by atoms with Gasteiger partial charge in [-0.2, -0.15) is 4.80 Å². The molecular weight excluding hydrogens is 392 g/mol. The summed E-state index contributed by atoms with van der Waals surface area (Å²) >= 11 is 5.99. The molecule has 28 heavy (non-hydrogen) atoms. The van der Waals surface area contributed by atoms with Crippen molar-refractivity contribution in [2.75, 3.05) is 7.05 Å². The van der Waals surface area contributed by atoms with Gasteiger partial charge in [-0.3, -0.25) is 4.98 Å². The smallest absolute Gasteiger partial charge is 0.315 e. The lowest BCUT2D eigenvalue weighted by atomic mass is 9.99. The Bertz CT molecular complexity index is 1040. The van der Waals surface area contributed by atoms with Crippen LogP contribution in [0.1, 0.15) is 18.7 Å². The van der Waals surface area contributed by atoms with E-state index < -0.39 is 23.7 Å². The molecule has 1 aromatic carbocycles. The van der Waals surface area contributed by atoms with Crippen molar-refractivity contribution in [2.24, 2.45) is 7.05 Å². The minimum atomic E-state index is -0.675. The molecular formula is C17H16ClF2N7O. The minimum absolute atomic E-state index is 0.0305. The highest BCUT2D eigenvalue weighted by Gasteiger charge is 2.21. The Balaban J connectivity index is 2.07. The summed E-state index contributed by atoms with van der Waals surface area (Å²) in [4.78, 5) is 16.7. The van der Waals surface area contributed by atoms with E-state index in [4.69, 9.17) is 11.6 Å². The number of carbonyl (C=O) groups excluding carboxylic acids is 1. The zero-order valence-electron chi connectivity index (χ0n) is 15.2. The number of amides is 2. The number of tetrazole rings is 1. The predicted octanol–water partition coefficient (Wildman–Crippen LogP) is 2.86. The first kappa shape index (κ1) is 19.6. The number of rotatable bonds is 4. The molecule has 3 aromatic rings. The molecule has 1 atom stereocenters. The van der Waals surface area contributed by atoms with Gasteiger partial charge >= 0.3 is 6.03 Å². The van der Waals surface area contributed by atoms with Crippen LogP contribution in [0.5, 0.6) is 0 Å². The molecule has 0 saturated heterocycles. The van der Waals surface area contributed by atoms with Gasteiger partial charge in [0.15, 0.2) is 0 Å². The lowest BCUT2D eigenvalue weighted by Gasteiger charge is -2.15. The van der Waals surface area contributed by atoms with Crippen LogP contribution in [0.25, 0.3) is 22.5 Å². The topological polar surface area (TPSA) is 97.6 Å². The molecule has 8 nitrogen and oxygen atoms in total. The van der Waals surface area contributed by atoms with Crippen molar-refractivity contribution in [3.63, 3.8) is 0 Å². The summed E-state index contributed by atoms with van der Waals surface area (Å²) in [6, 6.07) is 2.63. The van der Waals surface area contributed by atoms with Crippen molar-refractivity contribution in [1.29, 1.82) is 0 Å². The molecule has 2 amide bonds. The van der Waals surface area contributed by atoms with Gasteiger partial charge in [0.1, 0.15) is 11.6 Å². The van der Waals surface area contributed by atoms with Crippen molar-refractivity contribution in [3.8, 4) is 22.5 Å². The summed E-state index contributed by atoms with van der Waals surface area (Å²) < 4.78 is 29.3. The molecule has 0 aliphatic rings. The SMILES string of the molecule is CNC(=O)NC(C)c1ncc(-c2cc(Cl)cc(F)c2-c2nnn(C)n2)cc1F. The van der Waals surface area contributed by atoms with Gasteiger partial charge in [0, 0.05) is 23.8 Å². The van der Waals surface area contributed by atoms with Gasteiger partial charge in [-0.1, -0.05) is 11.6 Å². The standard InChI is InChI=1S/C17H16ClF2N7O/c1-8(23-17(28)21-2)15-13(20)4-9(7-22-15)11-5-10(18)6-12(19)14(11)16-24-26-27(3)25-16/h4-8H,1-3H3,(H2,21,23,28). The van der Waals surface area contributed by atoms with Crippen LogP contribution in [0.4, 0.5) is 13.6 Å². The fraction of sp³-hybridized carbons (Fsp3) is 0.235. The maximum absolute atomic E-state index is 14.7. The van der Waals surface area contributed by atoms with E-state index in [1.54, 1.807) is 14.0 Å². The Labute approximate surface area is 163 Å². The number of halogens is 3. The normalized spacial score (nSPS) is 11.9. The molecule has 0 fully saturated rings. The monoisotopic (exact) mass is 407 g/mol. The van der Waals surface area contributed by atoms with Gasteiger partial charge in [-0.25, -0.2) is 13.6 Å². The second-order valence-corrected chi connectivity index (χ2v) is 6.39. The quantitative estimate of drug-likeness (QED) is 0.693. The zero-order chi connectivity index (χ0) is 20.4. The van der Waals surface area contributed by atoms with Crippen LogP contribution in [0.3, 0.4) is 0 Å². The van der Waals surface area contributed by atoms with Crippen LogP contribution in [0.2, 0.25) is 5.02 Å². The van der Waals surface area contributed by atoms with Crippen LogP contribution >= 0.6 is 11.6 Å². The number of urea groups is 1. The van der Waals surface area contributed by atoms with E-state index in [0.717, 1.165) is 6.07 Å². The van der Waals surface area contributed by atoms with Gasteiger partial charge < -0.3 is 10.6 Å². The van der Waals surface area contributed by atoms with Crippen LogP contribution in [0.15, 0.2) is 24.4 Å². The lowest BCUT2D eigenvalue weighted by molar-refractivity contribution is 0.239. The van der Waals surface area contributed by atoms with Crippen molar-refractivity contribution in [3.05, 3.63) is 46.7 Å².